The summed E-state index contributed by atoms with van der Waals surface area (Å²) in [6, 6.07) is 38.7. The number of thioether (sulfide) groups is 1. The molecule has 0 aliphatic carbocycles. The highest BCUT2D eigenvalue weighted by atomic mass is 79.9. The predicted molar refractivity (Wildman–Crippen MR) is 191 cm³/mol. The largest absolute Gasteiger partial charge is 0.251 e. The molecule has 2 aliphatic rings. The van der Waals surface area contributed by atoms with Crippen molar-refractivity contribution in [1.29, 1.82) is 0 Å². The second-order valence-electron chi connectivity index (χ2n) is 10.2. The number of nitrogens with zero attached hydrogens (tertiary/aromatic N) is 2. The van der Waals surface area contributed by atoms with Crippen LogP contribution in [-0.2, 0) is 0 Å². The molecule has 8 rings (SSSR count). The number of halogens is 2. The molecule has 2 aromatic heterocycles. The van der Waals surface area contributed by atoms with E-state index in [0.717, 1.165) is 22.4 Å². The van der Waals surface area contributed by atoms with Gasteiger partial charge in [-0.25, -0.2) is 0 Å². The third kappa shape index (κ3) is 4.59. The van der Waals surface area contributed by atoms with Gasteiger partial charge in [0.15, 0.2) is 0 Å². The van der Waals surface area contributed by atoms with Gasteiger partial charge >= 0.3 is 0 Å². The summed E-state index contributed by atoms with van der Waals surface area (Å²) in [6.07, 6.45) is 0. The minimum atomic E-state index is 0.0668. The third-order valence-corrected chi connectivity index (χ3v) is 12.2. The maximum Gasteiger partial charge on any atom is 0.0712 e. The average molecular weight is 727 g/mol. The van der Waals surface area contributed by atoms with E-state index in [9.17, 15) is 0 Å². The number of benzene rings is 4. The number of para-hydroxylation sites is 2. The number of thiocarbonyl (C=S) groups is 2. The first-order valence-electron chi connectivity index (χ1n) is 13.5. The second kappa shape index (κ2) is 11.7. The summed E-state index contributed by atoms with van der Waals surface area (Å²) < 4.78 is 1.92. The first kappa shape index (κ1) is 28.0. The van der Waals surface area contributed by atoms with Gasteiger partial charge in [-0.15, -0.1) is 11.8 Å². The van der Waals surface area contributed by atoms with Crippen molar-refractivity contribution < 1.29 is 0 Å². The predicted octanol–water partition coefficient (Wildman–Crippen LogP) is 11.5. The Morgan fingerprint density at radius 3 is 1.31 bits per heavy atom. The summed E-state index contributed by atoms with van der Waals surface area (Å²) in [5.41, 5.74) is 12.0. The van der Waals surface area contributed by atoms with E-state index in [2.05, 4.69) is 165 Å². The van der Waals surface area contributed by atoms with Crippen LogP contribution in [0.5, 0.6) is 0 Å². The van der Waals surface area contributed by atoms with E-state index >= 15 is 0 Å². The van der Waals surface area contributed by atoms with Crippen molar-refractivity contribution >= 4 is 94.2 Å². The highest BCUT2D eigenvalue weighted by Crippen LogP contribution is 2.68. The van der Waals surface area contributed by atoms with Crippen molar-refractivity contribution in [2.45, 2.75) is 20.2 Å². The number of fused-ring (bicyclic) bond motifs is 8. The van der Waals surface area contributed by atoms with Crippen molar-refractivity contribution in [1.82, 2.24) is 9.97 Å². The maximum absolute atomic E-state index is 5.36. The first-order valence-corrected chi connectivity index (χ1v) is 17.1. The molecule has 0 N–H and O–H groups in total. The normalized spacial score (nSPS) is 20.1. The zero-order chi connectivity index (χ0) is 28.8. The summed E-state index contributed by atoms with van der Waals surface area (Å²) in [7, 11) is 0. The SMILES string of the molecule is Br[C@H]1c2c(nc3ccccc3c2-c2ccccc2)[C@H]2S[C@@H]1c1nc3ccccc3c(-c3ccccc3)c1[C@@H]2Br.S=C=S. The van der Waals surface area contributed by atoms with Crippen LogP contribution >= 0.6 is 68.1 Å². The number of pyridine rings is 2. The molecule has 7 heteroatoms. The van der Waals surface area contributed by atoms with E-state index in [4.69, 9.17) is 9.97 Å². The first-order chi connectivity index (χ1) is 20.6. The van der Waals surface area contributed by atoms with Gasteiger partial charge in [0.25, 0.3) is 0 Å². The van der Waals surface area contributed by atoms with E-state index in [1.54, 1.807) is 0 Å². The molecule has 2 aliphatic heterocycles. The molecular weight excluding hydrogens is 704 g/mol. The van der Waals surface area contributed by atoms with Crippen LogP contribution < -0.4 is 0 Å². The fraction of sp³-hybridized carbons (Fsp3) is 0.114. The smallest absolute Gasteiger partial charge is 0.0712 e. The van der Waals surface area contributed by atoms with Crippen LogP contribution in [0.25, 0.3) is 44.1 Å². The summed E-state index contributed by atoms with van der Waals surface area (Å²) in [5.74, 6) is 0. The molecular formula is C35H22Br2N2S3. The third-order valence-electron chi connectivity index (χ3n) is 7.96. The van der Waals surface area contributed by atoms with E-state index in [0.29, 0.717) is 0 Å². The lowest BCUT2D eigenvalue weighted by Gasteiger charge is -2.43. The van der Waals surface area contributed by atoms with Gasteiger partial charge < -0.3 is 0 Å². The van der Waals surface area contributed by atoms with E-state index in [-0.39, 0.29) is 20.2 Å². The van der Waals surface area contributed by atoms with Crippen LogP contribution in [0.1, 0.15) is 42.7 Å². The minimum Gasteiger partial charge on any atom is -0.251 e. The van der Waals surface area contributed by atoms with Gasteiger partial charge in [0.05, 0.1) is 42.6 Å². The van der Waals surface area contributed by atoms with E-state index < -0.39 is 0 Å². The number of hydrogen-bond donors (Lipinski definition) is 0. The molecule has 4 heterocycles. The van der Waals surface area contributed by atoms with Crippen molar-refractivity contribution in [3.63, 3.8) is 0 Å². The Labute approximate surface area is 276 Å². The van der Waals surface area contributed by atoms with Gasteiger partial charge in [-0.05, 0) is 69.9 Å². The lowest BCUT2D eigenvalue weighted by Crippen LogP contribution is -2.27. The van der Waals surface area contributed by atoms with Gasteiger partial charge in [0, 0.05) is 15.1 Å². The molecule has 0 radical (unpaired) electrons. The molecule has 0 fully saturated rings. The lowest BCUT2D eigenvalue weighted by atomic mass is 9.83. The van der Waals surface area contributed by atoms with Crippen LogP contribution in [0, 0.1) is 0 Å². The molecule has 4 atom stereocenters. The molecule has 0 spiro atoms. The van der Waals surface area contributed by atoms with Crippen LogP contribution in [0.2, 0.25) is 0 Å². The Morgan fingerprint density at radius 1 is 0.548 bits per heavy atom. The molecule has 0 amide bonds. The van der Waals surface area contributed by atoms with Crippen molar-refractivity contribution in [3.05, 3.63) is 132 Å². The zero-order valence-electron chi connectivity index (χ0n) is 22.1. The zero-order valence-corrected chi connectivity index (χ0v) is 27.7. The Balaban J connectivity index is 0.000000923. The van der Waals surface area contributed by atoms with Gasteiger partial charge in [-0.1, -0.05) is 129 Å². The average Bonchev–Trinajstić information content (AvgIpc) is 3.04. The second-order valence-corrected chi connectivity index (χ2v) is 14.1. The topological polar surface area (TPSA) is 25.8 Å². The van der Waals surface area contributed by atoms with Crippen molar-refractivity contribution in [2.24, 2.45) is 0 Å². The maximum atomic E-state index is 5.36. The Hall–Kier alpha value is -2.77. The summed E-state index contributed by atoms with van der Waals surface area (Å²) in [5, 5.41) is 2.70. The van der Waals surface area contributed by atoms with Gasteiger partial charge in [0.1, 0.15) is 0 Å². The van der Waals surface area contributed by atoms with Gasteiger partial charge in [0.2, 0.25) is 0 Å². The summed E-state index contributed by atoms with van der Waals surface area (Å²) in [6.45, 7) is 0. The summed E-state index contributed by atoms with van der Waals surface area (Å²) in [4.78, 5) is 10.9. The molecule has 204 valence electrons. The highest BCUT2D eigenvalue weighted by Gasteiger charge is 2.48. The van der Waals surface area contributed by atoms with Crippen LogP contribution in [0.3, 0.4) is 0 Å². The molecule has 2 nitrogen and oxygen atoms in total. The molecule has 0 saturated heterocycles. The van der Waals surface area contributed by atoms with E-state index in [1.165, 1.54) is 44.2 Å². The fourth-order valence-electron chi connectivity index (χ4n) is 6.32. The molecule has 4 aromatic carbocycles. The Kier molecular flexibility index (Phi) is 7.82. The van der Waals surface area contributed by atoms with E-state index in [1.807, 2.05) is 16.1 Å². The summed E-state index contributed by atoms with van der Waals surface area (Å²) >= 11 is 18.4. The molecule has 0 saturated carbocycles. The van der Waals surface area contributed by atoms with Crippen molar-refractivity contribution in [3.8, 4) is 22.3 Å². The standard InChI is InChI=1S/C34H22Br2N2S.CS2/c35-29-27-25(19-11-3-1-4-12-19)21-15-7-9-17-23(21)37-31(27)34-30(36)28-26(20-13-5-2-6-14-20)22-16-8-10-18-24(22)38-32(28)33(29)39-34;2-1-3/h1-18,29-30,33-34H;/t29-,30-,33-,34-;/m0./s1. The number of aromatic nitrogens is 2. The fourth-order valence-corrected chi connectivity index (χ4v) is 9.98. The lowest BCUT2D eigenvalue weighted by molar-refractivity contribution is 0.728. The van der Waals surface area contributed by atoms with Gasteiger partial charge in [-0.3, -0.25) is 9.97 Å². The molecule has 2 bridgehead atoms. The van der Waals surface area contributed by atoms with Crippen LogP contribution in [0.15, 0.2) is 109 Å². The highest BCUT2D eigenvalue weighted by molar-refractivity contribution is 9.09. The Bertz CT molecular complexity index is 1850. The van der Waals surface area contributed by atoms with Gasteiger partial charge in [-0.2, -0.15) is 0 Å². The van der Waals surface area contributed by atoms with Crippen LogP contribution in [0.4, 0.5) is 0 Å². The quantitative estimate of drug-likeness (QED) is 0.131. The molecule has 6 aromatic rings. The Morgan fingerprint density at radius 2 is 0.905 bits per heavy atom. The number of hydrogen-bond acceptors (Lipinski definition) is 5. The monoisotopic (exact) mass is 724 g/mol. The van der Waals surface area contributed by atoms with Crippen LogP contribution in [-0.4, -0.2) is 14.3 Å². The van der Waals surface area contributed by atoms with Crippen molar-refractivity contribution in [2.75, 3.05) is 0 Å². The minimum absolute atomic E-state index is 0.0668. The number of rotatable bonds is 2. The molecule has 0 unspecified atom stereocenters. The molecule has 42 heavy (non-hydrogen) atoms. The number of alkyl halides is 2.